The highest BCUT2D eigenvalue weighted by Crippen LogP contribution is 2.38. The van der Waals surface area contributed by atoms with Crippen molar-refractivity contribution in [2.45, 2.75) is 68.8 Å². The van der Waals surface area contributed by atoms with Crippen LogP contribution >= 0.6 is 11.8 Å². The van der Waals surface area contributed by atoms with Gasteiger partial charge in [-0.15, -0.1) is 5.10 Å². The van der Waals surface area contributed by atoms with Crippen molar-refractivity contribution in [1.82, 2.24) is 20.5 Å². The van der Waals surface area contributed by atoms with Crippen molar-refractivity contribution in [1.29, 1.82) is 0 Å². The molecular formula is C13H22N4OS. The van der Waals surface area contributed by atoms with E-state index in [1.807, 2.05) is 20.8 Å². The molecule has 0 bridgehead atoms. The zero-order valence-corrected chi connectivity index (χ0v) is 12.8. The van der Waals surface area contributed by atoms with Gasteiger partial charge in [-0.3, -0.25) is 9.89 Å². The molecule has 1 aromatic heterocycles. The van der Waals surface area contributed by atoms with Crippen LogP contribution in [0.4, 0.5) is 0 Å². The van der Waals surface area contributed by atoms with Crippen molar-refractivity contribution in [3.8, 4) is 0 Å². The second kappa shape index (κ2) is 5.53. The van der Waals surface area contributed by atoms with Crippen molar-refractivity contribution in [2.24, 2.45) is 0 Å². The molecule has 5 nitrogen and oxygen atoms in total. The molecule has 106 valence electrons. The average Bonchev–Trinajstić information content (AvgIpc) is 3.10. The number of nitrogens with one attached hydrogen (secondary N) is 2. The molecule has 2 rings (SSSR count). The standard InChI is InChI=1S/C13H22N4OS/c1-5-13(3,4)15-11(18)8(2)19-12-14-10(16-17-12)9-6-7-9/h8-9H,5-7H2,1-4H3,(H,15,18)(H,14,16,17). The van der Waals surface area contributed by atoms with Gasteiger partial charge in [0.05, 0.1) is 5.25 Å². The minimum Gasteiger partial charge on any atom is -0.350 e. The Balaban J connectivity index is 1.88. The molecule has 2 N–H and O–H groups in total. The van der Waals surface area contributed by atoms with Gasteiger partial charge in [-0.05, 0) is 40.0 Å². The molecule has 0 spiro atoms. The van der Waals surface area contributed by atoms with Crippen LogP contribution in [0.5, 0.6) is 0 Å². The van der Waals surface area contributed by atoms with Crippen LogP contribution in [0.1, 0.15) is 58.7 Å². The molecule has 1 aromatic rings. The molecular weight excluding hydrogens is 260 g/mol. The monoisotopic (exact) mass is 282 g/mol. The third-order valence-corrected chi connectivity index (χ3v) is 4.40. The lowest BCUT2D eigenvalue weighted by atomic mass is 10.0. The zero-order valence-electron chi connectivity index (χ0n) is 12.0. The molecule has 0 saturated heterocycles. The molecule has 0 radical (unpaired) electrons. The van der Waals surface area contributed by atoms with Crippen LogP contribution < -0.4 is 5.32 Å². The van der Waals surface area contributed by atoms with Crippen LogP contribution in [0.2, 0.25) is 0 Å². The average molecular weight is 282 g/mol. The molecule has 1 amide bonds. The van der Waals surface area contributed by atoms with E-state index in [4.69, 9.17) is 0 Å². The summed E-state index contributed by atoms with van der Waals surface area (Å²) in [5.74, 6) is 1.56. The van der Waals surface area contributed by atoms with Gasteiger partial charge in [0.2, 0.25) is 11.1 Å². The van der Waals surface area contributed by atoms with Gasteiger partial charge in [-0.1, -0.05) is 18.7 Å². The van der Waals surface area contributed by atoms with E-state index in [0.29, 0.717) is 11.1 Å². The summed E-state index contributed by atoms with van der Waals surface area (Å²) in [6, 6.07) is 0. The second-order valence-corrected chi connectivity index (χ2v) is 7.07. The number of aromatic amines is 1. The lowest BCUT2D eigenvalue weighted by molar-refractivity contribution is -0.121. The van der Waals surface area contributed by atoms with Crippen molar-refractivity contribution in [3.05, 3.63) is 5.82 Å². The van der Waals surface area contributed by atoms with E-state index >= 15 is 0 Å². The van der Waals surface area contributed by atoms with E-state index in [-0.39, 0.29) is 16.7 Å². The number of H-pyrrole nitrogens is 1. The minimum absolute atomic E-state index is 0.0367. The van der Waals surface area contributed by atoms with Gasteiger partial charge < -0.3 is 5.32 Å². The third kappa shape index (κ3) is 3.96. The largest absolute Gasteiger partial charge is 0.350 e. The lowest BCUT2D eigenvalue weighted by Crippen LogP contribution is -2.46. The van der Waals surface area contributed by atoms with Gasteiger partial charge in [-0.25, -0.2) is 4.98 Å². The minimum atomic E-state index is -0.186. The first-order chi connectivity index (χ1) is 8.91. The Labute approximate surface area is 118 Å². The number of nitrogens with zero attached hydrogens (tertiary/aromatic N) is 2. The van der Waals surface area contributed by atoms with Crippen LogP contribution in [-0.2, 0) is 4.79 Å². The summed E-state index contributed by atoms with van der Waals surface area (Å²) in [4.78, 5) is 16.5. The van der Waals surface area contributed by atoms with E-state index in [0.717, 1.165) is 12.2 Å². The van der Waals surface area contributed by atoms with Gasteiger partial charge >= 0.3 is 0 Å². The van der Waals surface area contributed by atoms with Gasteiger partial charge in [0.15, 0.2) is 0 Å². The first kappa shape index (κ1) is 14.4. The highest BCUT2D eigenvalue weighted by atomic mass is 32.2. The van der Waals surface area contributed by atoms with Gasteiger partial charge in [0.1, 0.15) is 5.82 Å². The van der Waals surface area contributed by atoms with E-state index in [1.54, 1.807) is 0 Å². The van der Waals surface area contributed by atoms with Crippen LogP contribution in [-0.4, -0.2) is 31.9 Å². The summed E-state index contributed by atoms with van der Waals surface area (Å²) in [5.41, 5.74) is -0.163. The molecule has 1 heterocycles. The third-order valence-electron chi connectivity index (χ3n) is 3.44. The van der Waals surface area contributed by atoms with Crippen molar-refractivity contribution in [3.63, 3.8) is 0 Å². The van der Waals surface area contributed by atoms with Crippen molar-refractivity contribution >= 4 is 17.7 Å². The van der Waals surface area contributed by atoms with Gasteiger partial charge in [0, 0.05) is 11.5 Å². The van der Waals surface area contributed by atoms with E-state index < -0.39 is 0 Å². The quantitative estimate of drug-likeness (QED) is 0.786. The smallest absolute Gasteiger partial charge is 0.233 e. The van der Waals surface area contributed by atoms with Crippen LogP contribution in [0.15, 0.2) is 5.16 Å². The van der Waals surface area contributed by atoms with E-state index in [1.165, 1.54) is 24.6 Å². The topological polar surface area (TPSA) is 70.7 Å². The summed E-state index contributed by atoms with van der Waals surface area (Å²) in [5, 5.41) is 10.6. The maximum atomic E-state index is 12.1. The highest BCUT2D eigenvalue weighted by molar-refractivity contribution is 8.00. The number of hydrogen-bond acceptors (Lipinski definition) is 4. The Hall–Kier alpha value is -1.04. The van der Waals surface area contributed by atoms with Crippen LogP contribution in [0, 0.1) is 0 Å². The fourth-order valence-corrected chi connectivity index (χ4v) is 2.32. The lowest BCUT2D eigenvalue weighted by Gasteiger charge is -2.26. The number of carbonyl (C=O) groups excluding carboxylic acids is 1. The van der Waals surface area contributed by atoms with Gasteiger partial charge in [0.25, 0.3) is 0 Å². The summed E-state index contributed by atoms with van der Waals surface area (Å²) in [7, 11) is 0. The summed E-state index contributed by atoms with van der Waals surface area (Å²) >= 11 is 1.40. The number of rotatable bonds is 6. The normalized spacial score (nSPS) is 17.3. The highest BCUT2D eigenvalue weighted by Gasteiger charge is 2.28. The Morgan fingerprint density at radius 2 is 2.26 bits per heavy atom. The SMILES string of the molecule is CCC(C)(C)NC(=O)C(C)Sc1n[nH]c(C2CC2)n1. The molecule has 1 atom stereocenters. The fourth-order valence-electron chi connectivity index (χ4n) is 1.59. The van der Waals surface area contributed by atoms with Crippen LogP contribution in [0.25, 0.3) is 0 Å². The molecule has 1 aliphatic rings. The molecule has 6 heteroatoms. The number of thioether (sulfide) groups is 1. The molecule has 19 heavy (non-hydrogen) atoms. The molecule has 1 aliphatic carbocycles. The summed E-state index contributed by atoms with van der Waals surface area (Å²) in [6.45, 7) is 8.01. The predicted octanol–water partition coefficient (Wildman–Crippen LogP) is 2.47. The number of aromatic nitrogens is 3. The fraction of sp³-hybridized carbons (Fsp3) is 0.769. The summed E-state index contributed by atoms with van der Waals surface area (Å²) in [6.07, 6.45) is 3.29. The van der Waals surface area contributed by atoms with E-state index in [9.17, 15) is 4.79 Å². The molecule has 1 fully saturated rings. The zero-order chi connectivity index (χ0) is 14.0. The first-order valence-electron chi connectivity index (χ1n) is 6.82. The van der Waals surface area contributed by atoms with Crippen LogP contribution in [0.3, 0.4) is 0 Å². The maximum Gasteiger partial charge on any atom is 0.233 e. The summed E-state index contributed by atoms with van der Waals surface area (Å²) < 4.78 is 0. The molecule has 0 aliphatic heterocycles. The molecule has 1 saturated carbocycles. The second-order valence-electron chi connectivity index (χ2n) is 5.76. The number of carbonyl (C=O) groups is 1. The molecule has 1 unspecified atom stereocenters. The predicted molar refractivity (Wildman–Crippen MR) is 76.2 cm³/mol. The maximum absolute atomic E-state index is 12.1. The number of hydrogen-bond donors (Lipinski definition) is 2. The Morgan fingerprint density at radius 1 is 1.58 bits per heavy atom. The Bertz CT molecular complexity index is 453. The Morgan fingerprint density at radius 3 is 2.84 bits per heavy atom. The van der Waals surface area contributed by atoms with Crippen molar-refractivity contribution < 1.29 is 4.79 Å². The van der Waals surface area contributed by atoms with E-state index in [2.05, 4.69) is 27.4 Å². The first-order valence-corrected chi connectivity index (χ1v) is 7.70. The van der Waals surface area contributed by atoms with Crippen molar-refractivity contribution in [2.75, 3.05) is 0 Å². The van der Waals surface area contributed by atoms with Gasteiger partial charge in [-0.2, -0.15) is 0 Å². The Kier molecular flexibility index (Phi) is 4.18. The number of amides is 1. The molecule has 0 aromatic carbocycles.